The van der Waals surface area contributed by atoms with Crippen molar-refractivity contribution in [2.45, 2.75) is 20.3 Å². The summed E-state index contributed by atoms with van der Waals surface area (Å²) in [6.45, 7) is 11.5. The Morgan fingerprint density at radius 3 is 2.79 bits per heavy atom. The first-order valence-electron chi connectivity index (χ1n) is 9.37. The first-order valence-corrected chi connectivity index (χ1v) is 9.78. The maximum Gasteiger partial charge on any atom is 0.189 e. The summed E-state index contributed by atoms with van der Waals surface area (Å²) in [5.74, 6) is 0.783. The maximum atomic E-state index is 5.69. The molecule has 8 heteroatoms. The van der Waals surface area contributed by atoms with E-state index in [1.807, 2.05) is 38.3 Å². The lowest BCUT2D eigenvalue weighted by molar-refractivity contribution is 0.225. The van der Waals surface area contributed by atoms with E-state index in [0.717, 1.165) is 54.6 Å². The number of nitrogens with zero attached hydrogens (tertiary/aromatic N) is 5. The van der Waals surface area contributed by atoms with Gasteiger partial charge in [0, 0.05) is 45.0 Å². The Labute approximate surface area is 171 Å². The van der Waals surface area contributed by atoms with Crippen molar-refractivity contribution in [1.82, 2.24) is 20.2 Å². The van der Waals surface area contributed by atoms with Gasteiger partial charge in [-0.2, -0.15) is 5.10 Å². The van der Waals surface area contributed by atoms with Gasteiger partial charge in [0.25, 0.3) is 0 Å². The van der Waals surface area contributed by atoms with Crippen LogP contribution in [0.4, 0.5) is 0 Å². The molecule has 0 unspecified atom stereocenters. The molecule has 2 aliphatic rings. The van der Waals surface area contributed by atoms with E-state index in [1.54, 1.807) is 6.20 Å². The van der Waals surface area contributed by atoms with Crippen LogP contribution in [0.5, 0.6) is 5.75 Å². The number of thiocarbonyl (C=S) groups is 1. The summed E-state index contributed by atoms with van der Waals surface area (Å²) in [4.78, 5) is 12.8. The van der Waals surface area contributed by atoms with Crippen LogP contribution in [0.3, 0.4) is 0 Å². The highest BCUT2D eigenvalue weighted by atomic mass is 32.1. The van der Waals surface area contributed by atoms with Crippen LogP contribution < -0.4 is 10.2 Å². The average molecular weight is 399 g/mol. The standard InChI is InChI=1S/C20H26N6OS/c1-4-5-16(14-21-3)25-7-9-26(10-8-25)20(28)24-23-17-6-11-27-18-12-15(2)13-22-19(17)18/h4-5,12-14H,3,6-11H2,1-2H3,(H,24,28)/b5-4-,16-14+,23-17-. The predicted molar refractivity (Wildman–Crippen MR) is 117 cm³/mol. The zero-order valence-electron chi connectivity index (χ0n) is 16.4. The van der Waals surface area contributed by atoms with E-state index in [1.165, 1.54) is 0 Å². The molecule has 3 heterocycles. The van der Waals surface area contributed by atoms with Crippen LogP contribution in [-0.4, -0.2) is 65.1 Å². The van der Waals surface area contributed by atoms with Crippen LogP contribution in [-0.2, 0) is 0 Å². The highest BCUT2D eigenvalue weighted by Crippen LogP contribution is 2.23. The second kappa shape index (κ2) is 9.45. The summed E-state index contributed by atoms with van der Waals surface area (Å²) >= 11 is 5.55. The summed E-state index contributed by atoms with van der Waals surface area (Å²) in [7, 11) is 0. The van der Waals surface area contributed by atoms with Crippen molar-refractivity contribution >= 4 is 29.8 Å². The number of allylic oxidation sites excluding steroid dienone is 2. The predicted octanol–water partition coefficient (Wildman–Crippen LogP) is 2.49. The minimum Gasteiger partial charge on any atom is -0.491 e. The first kappa shape index (κ1) is 20.0. The zero-order valence-corrected chi connectivity index (χ0v) is 17.2. The molecule has 0 spiro atoms. The molecule has 1 saturated heterocycles. The van der Waals surface area contributed by atoms with Crippen LogP contribution in [0.15, 0.2) is 46.4 Å². The second-order valence-electron chi connectivity index (χ2n) is 6.64. The van der Waals surface area contributed by atoms with Gasteiger partial charge in [0.15, 0.2) is 5.11 Å². The van der Waals surface area contributed by atoms with Crippen LogP contribution in [0.1, 0.15) is 24.6 Å². The Morgan fingerprint density at radius 1 is 1.32 bits per heavy atom. The number of hydrazone groups is 1. The third kappa shape index (κ3) is 4.75. The first-order chi connectivity index (χ1) is 13.6. The van der Waals surface area contributed by atoms with E-state index in [4.69, 9.17) is 17.0 Å². The Morgan fingerprint density at radius 2 is 2.07 bits per heavy atom. The monoisotopic (exact) mass is 398 g/mol. The molecule has 1 aromatic rings. The molecule has 0 aromatic carbocycles. The molecule has 1 fully saturated rings. The Kier molecular flexibility index (Phi) is 6.76. The van der Waals surface area contributed by atoms with Crippen molar-refractivity contribution in [1.29, 1.82) is 0 Å². The van der Waals surface area contributed by atoms with Crippen LogP contribution >= 0.6 is 12.2 Å². The van der Waals surface area contributed by atoms with Crippen molar-refractivity contribution in [3.8, 4) is 5.75 Å². The average Bonchev–Trinajstić information content (AvgIpc) is 2.71. The van der Waals surface area contributed by atoms with Crippen molar-refractivity contribution < 1.29 is 4.74 Å². The van der Waals surface area contributed by atoms with Gasteiger partial charge in [-0.15, -0.1) is 0 Å². The largest absolute Gasteiger partial charge is 0.491 e. The van der Waals surface area contributed by atoms with Gasteiger partial charge in [0.2, 0.25) is 0 Å². The summed E-state index contributed by atoms with van der Waals surface area (Å²) in [6.07, 6.45) is 8.37. The van der Waals surface area contributed by atoms with Crippen molar-refractivity contribution in [3.05, 3.63) is 47.6 Å². The number of rotatable bonds is 4. The molecule has 1 aromatic heterocycles. The lowest BCUT2D eigenvalue weighted by Crippen LogP contribution is -2.50. The van der Waals surface area contributed by atoms with Crippen LogP contribution in [0.25, 0.3) is 0 Å². The van der Waals surface area contributed by atoms with Crippen molar-refractivity contribution in [3.63, 3.8) is 0 Å². The lowest BCUT2D eigenvalue weighted by Gasteiger charge is -2.37. The van der Waals surface area contributed by atoms with E-state index in [-0.39, 0.29) is 0 Å². The highest BCUT2D eigenvalue weighted by molar-refractivity contribution is 7.80. The molecule has 0 saturated carbocycles. The highest BCUT2D eigenvalue weighted by Gasteiger charge is 2.21. The Bertz CT molecular complexity index is 824. The van der Waals surface area contributed by atoms with E-state index in [9.17, 15) is 0 Å². The van der Waals surface area contributed by atoms with E-state index in [2.05, 4.69) is 37.0 Å². The molecule has 0 amide bonds. The Balaban J connectivity index is 1.59. The quantitative estimate of drug-likeness (QED) is 0.364. The van der Waals surface area contributed by atoms with Crippen molar-refractivity contribution in [2.24, 2.45) is 10.1 Å². The number of piperazine rings is 1. The van der Waals surface area contributed by atoms with E-state index in [0.29, 0.717) is 18.1 Å². The zero-order chi connectivity index (χ0) is 19.9. The molecule has 0 atom stereocenters. The van der Waals surface area contributed by atoms with Gasteiger partial charge in [-0.25, -0.2) is 0 Å². The van der Waals surface area contributed by atoms with Gasteiger partial charge >= 0.3 is 0 Å². The fourth-order valence-corrected chi connectivity index (χ4v) is 3.43. The summed E-state index contributed by atoms with van der Waals surface area (Å²) in [5.41, 5.74) is 6.84. The molecule has 0 radical (unpaired) electrons. The summed E-state index contributed by atoms with van der Waals surface area (Å²) in [6, 6.07) is 1.99. The third-order valence-electron chi connectivity index (χ3n) is 4.64. The van der Waals surface area contributed by atoms with Gasteiger partial charge in [0.05, 0.1) is 18.0 Å². The van der Waals surface area contributed by atoms with Crippen LogP contribution in [0, 0.1) is 6.92 Å². The minimum atomic E-state index is 0.599. The SMILES string of the molecule is C=N/C=C(\C=C/C)N1CCN(C(=S)N/N=C2/CCOc3cc(C)cnc32)CC1. The Hall–Kier alpha value is -2.74. The molecule has 3 rings (SSSR count). The number of aliphatic imine (C=N–C) groups is 1. The van der Waals surface area contributed by atoms with E-state index < -0.39 is 0 Å². The number of aromatic nitrogens is 1. The van der Waals surface area contributed by atoms with Gasteiger partial charge < -0.3 is 14.5 Å². The number of fused-ring (bicyclic) bond motifs is 1. The molecule has 7 nitrogen and oxygen atoms in total. The molecule has 148 valence electrons. The lowest BCUT2D eigenvalue weighted by atomic mass is 10.1. The number of hydrogen-bond acceptors (Lipinski definition) is 6. The molecule has 1 N–H and O–H groups in total. The molecular weight excluding hydrogens is 372 g/mol. The van der Waals surface area contributed by atoms with Crippen LogP contribution in [0.2, 0.25) is 0 Å². The molecule has 0 bridgehead atoms. The third-order valence-corrected chi connectivity index (χ3v) is 4.99. The fraction of sp³-hybridized carbons (Fsp3) is 0.400. The number of nitrogens with one attached hydrogen (secondary N) is 1. The summed E-state index contributed by atoms with van der Waals surface area (Å²) < 4.78 is 5.69. The minimum absolute atomic E-state index is 0.599. The van der Waals surface area contributed by atoms with Gasteiger partial charge in [-0.05, 0) is 50.5 Å². The normalized spacial score (nSPS) is 18.8. The fourth-order valence-electron chi connectivity index (χ4n) is 3.20. The number of ether oxygens (including phenoxy) is 1. The number of hydrogen-bond donors (Lipinski definition) is 1. The van der Waals surface area contributed by atoms with Crippen molar-refractivity contribution in [2.75, 3.05) is 32.8 Å². The number of aryl methyl sites for hydroxylation is 1. The van der Waals surface area contributed by atoms with Gasteiger partial charge in [0.1, 0.15) is 11.4 Å². The molecular formula is C20H26N6OS. The molecule has 0 aliphatic carbocycles. The maximum absolute atomic E-state index is 5.69. The second-order valence-corrected chi connectivity index (χ2v) is 7.03. The number of pyridine rings is 1. The molecule has 2 aliphatic heterocycles. The van der Waals surface area contributed by atoms with Gasteiger partial charge in [-0.3, -0.25) is 15.4 Å². The van der Waals surface area contributed by atoms with E-state index >= 15 is 0 Å². The topological polar surface area (TPSA) is 65.3 Å². The molecule has 28 heavy (non-hydrogen) atoms. The smallest absolute Gasteiger partial charge is 0.189 e. The van der Waals surface area contributed by atoms with Gasteiger partial charge in [-0.1, -0.05) is 6.08 Å². The summed E-state index contributed by atoms with van der Waals surface area (Å²) in [5, 5.41) is 5.15.